The maximum atomic E-state index is 13.1. The van der Waals surface area contributed by atoms with Gasteiger partial charge in [-0.05, 0) is 30.6 Å². The number of thiazole rings is 1. The molecular formula is C18H26F2N2O2S. The largest absolute Gasteiger partial charge is 0.371 e. The molecule has 3 rings (SSSR count). The Balaban J connectivity index is 1.64. The quantitative estimate of drug-likeness (QED) is 0.858. The van der Waals surface area contributed by atoms with Crippen molar-refractivity contribution in [3.8, 4) is 0 Å². The van der Waals surface area contributed by atoms with E-state index in [1.807, 2.05) is 0 Å². The molecule has 0 radical (unpaired) electrons. The van der Waals surface area contributed by atoms with Gasteiger partial charge in [0.25, 0.3) is 5.91 Å². The molecule has 1 N–H and O–H groups in total. The number of nitrogens with one attached hydrogen (secondary N) is 1. The minimum absolute atomic E-state index is 0.252. The topological polar surface area (TPSA) is 51.2 Å². The van der Waals surface area contributed by atoms with E-state index in [4.69, 9.17) is 4.74 Å². The summed E-state index contributed by atoms with van der Waals surface area (Å²) in [6.07, 6.45) is 1.58. The highest BCUT2D eigenvalue weighted by Gasteiger charge is 2.50. The predicted molar refractivity (Wildman–Crippen MR) is 94.2 cm³/mol. The Hall–Kier alpha value is -1.08. The second-order valence-electron chi connectivity index (χ2n) is 8.36. The molecule has 1 saturated carbocycles. The van der Waals surface area contributed by atoms with Gasteiger partial charge in [-0.25, -0.2) is 13.8 Å². The van der Waals surface area contributed by atoms with Gasteiger partial charge < -0.3 is 4.74 Å². The molecule has 1 amide bonds. The first kappa shape index (κ1) is 18.7. The molecule has 7 heteroatoms. The maximum absolute atomic E-state index is 13.1. The van der Waals surface area contributed by atoms with Gasteiger partial charge in [0.2, 0.25) is 5.92 Å². The smallest absolute Gasteiger partial charge is 0.255 e. The van der Waals surface area contributed by atoms with Crippen molar-refractivity contribution in [1.82, 2.24) is 4.98 Å². The van der Waals surface area contributed by atoms with E-state index < -0.39 is 17.9 Å². The zero-order valence-corrected chi connectivity index (χ0v) is 16.0. The van der Waals surface area contributed by atoms with Gasteiger partial charge in [-0.2, -0.15) is 0 Å². The summed E-state index contributed by atoms with van der Waals surface area (Å²) in [5.74, 6) is -2.86. The molecule has 2 atom stereocenters. The van der Waals surface area contributed by atoms with Crippen molar-refractivity contribution in [1.29, 1.82) is 0 Å². The van der Waals surface area contributed by atoms with E-state index in [1.165, 1.54) is 23.3 Å². The first-order valence-corrected chi connectivity index (χ1v) is 9.61. The number of carbonyl (C=O) groups excluding carboxylic acids is 1. The van der Waals surface area contributed by atoms with E-state index in [9.17, 15) is 13.6 Å². The number of carbonyl (C=O) groups is 1. The molecule has 0 aliphatic heterocycles. The first-order chi connectivity index (χ1) is 11.6. The number of nitrogens with zero attached hydrogens (tertiary/aromatic N) is 1. The molecule has 140 valence electrons. The number of halogens is 2. The molecule has 4 nitrogen and oxygen atoms in total. The van der Waals surface area contributed by atoms with Crippen LogP contribution in [0, 0.1) is 17.3 Å². The van der Waals surface area contributed by atoms with Crippen molar-refractivity contribution >= 4 is 22.4 Å². The number of aromatic nitrogens is 1. The van der Waals surface area contributed by atoms with Gasteiger partial charge >= 0.3 is 0 Å². The van der Waals surface area contributed by atoms with Gasteiger partial charge in [0, 0.05) is 30.7 Å². The lowest BCUT2D eigenvalue weighted by molar-refractivity contribution is -0.158. The Morgan fingerprint density at radius 1 is 1.40 bits per heavy atom. The van der Waals surface area contributed by atoms with E-state index in [0.29, 0.717) is 11.0 Å². The first-order valence-electron chi connectivity index (χ1n) is 8.79. The van der Waals surface area contributed by atoms with Gasteiger partial charge in [-0.1, -0.05) is 20.8 Å². The number of hydrogen-bond acceptors (Lipinski definition) is 4. The minimum Gasteiger partial charge on any atom is -0.371 e. The summed E-state index contributed by atoms with van der Waals surface area (Å²) < 4.78 is 31.3. The average molecular weight is 372 g/mol. The van der Waals surface area contributed by atoms with Crippen molar-refractivity contribution in [3.05, 3.63) is 10.6 Å². The van der Waals surface area contributed by atoms with E-state index in [-0.39, 0.29) is 24.2 Å². The number of rotatable bonds is 4. The molecule has 1 aromatic rings. The SMILES string of the molecule is COC(C(=O)Nc1nc2c(s1)CC(C(C)(C)C)CC2)C1CC(F)(F)C1. The maximum Gasteiger partial charge on any atom is 0.255 e. The van der Waals surface area contributed by atoms with Crippen molar-refractivity contribution < 1.29 is 18.3 Å². The molecule has 1 heterocycles. The minimum atomic E-state index is -2.66. The molecule has 0 aromatic carbocycles. The second-order valence-corrected chi connectivity index (χ2v) is 9.45. The summed E-state index contributed by atoms with van der Waals surface area (Å²) in [6, 6.07) is 0. The lowest BCUT2D eigenvalue weighted by Gasteiger charge is -2.38. The Morgan fingerprint density at radius 2 is 2.08 bits per heavy atom. The van der Waals surface area contributed by atoms with E-state index in [0.717, 1.165) is 25.0 Å². The summed E-state index contributed by atoms with van der Waals surface area (Å²) in [4.78, 5) is 18.2. The number of methoxy groups -OCH3 is 1. The van der Waals surface area contributed by atoms with Gasteiger partial charge in [0.15, 0.2) is 5.13 Å². The zero-order valence-electron chi connectivity index (χ0n) is 15.2. The molecule has 1 aromatic heterocycles. The highest BCUT2D eigenvalue weighted by atomic mass is 32.1. The van der Waals surface area contributed by atoms with Gasteiger partial charge in [0.05, 0.1) is 5.69 Å². The Labute approximate surface area is 151 Å². The Morgan fingerprint density at radius 3 is 2.64 bits per heavy atom. The number of hydrogen-bond donors (Lipinski definition) is 1. The third-order valence-electron chi connectivity index (χ3n) is 5.46. The fourth-order valence-corrected chi connectivity index (χ4v) is 4.87. The molecule has 0 saturated heterocycles. The highest BCUT2D eigenvalue weighted by molar-refractivity contribution is 7.15. The molecule has 0 spiro atoms. The van der Waals surface area contributed by atoms with Crippen molar-refractivity contribution in [2.75, 3.05) is 12.4 Å². The molecule has 2 unspecified atom stereocenters. The number of alkyl halides is 2. The van der Waals surface area contributed by atoms with Crippen molar-refractivity contribution in [2.24, 2.45) is 17.3 Å². The molecule has 2 aliphatic carbocycles. The summed E-state index contributed by atoms with van der Waals surface area (Å²) in [5.41, 5.74) is 1.31. The van der Waals surface area contributed by atoms with E-state index in [1.54, 1.807) is 0 Å². The van der Waals surface area contributed by atoms with Crippen LogP contribution in [0.4, 0.5) is 13.9 Å². The number of aryl methyl sites for hydroxylation is 1. The van der Waals surface area contributed by atoms with Crippen LogP contribution >= 0.6 is 11.3 Å². The van der Waals surface area contributed by atoms with Crippen molar-refractivity contribution in [3.63, 3.8) is 0 Å². The predicted octanol–water partition coefficient (Wildman–Crippen LogP) is 4.29. The number of ether oxygens (including phenoxy) is 1. The normalized spacial score (nSPS) is 24.3. The number of anilines is 1. The van der Waals surface area contributed by atoms with Crippen LogP contribution in [0.3, 0.4) is 0 Å². The van der Waals surface area contributed by atoms with Crippen LogP contribution in [-0.2, 0) is 22.4 Å². The standard InChI is InChI=1S/C18H26F2N2O2S/c1-17(2,3)11-5-6-12-13(7-11)25-16(21-12)22-15(23)14(24-4)10-8-18(19,20)9-10/h10-11,14H,5-9H2,1-4H3,(H,21,22,23). The van der Waals surface area contributed by atoms with E-state index in [2.05, 4.69) is 31.1 Å². The van der Waals surface area contributed by atoms with Gasteiger partial charge in [-0.3, -0.25) is 10.1 Å². The van der Waals surface area contributed by atoms with Crippen LogP contribution in [0.25, 0.3) is 0 Å². The zero-order chi connectivity index (χ0) is 18.4. The van der Waals surface area contributed by atoms with Gasteiger partial charge in [-0.15, -0.1) is 11.3 Å². The van der Waals surface area contributed by atoms with Crippen LogP contribution in [-0.4, -0.2) is 30.0 Å². The monoisotopic (exact) mass is 372 g/mol. The summed E-state index contributed by atoms with van der Waals surface area (Å²) in [7, 11) is 1.39. The van der Waals surface area contributed by atoms with Crippen molar-refractivity contribution in [2.45, 2.75) is 64.9 Å². The third-order valence-corrected chi connectivity index (χ3v) is 6.49. The van der Waals surface area contributed by atoms with Crippen LogP contribution in [0.2, 0.25) is 0 Å². The lowest BCUT2D eigenvalue weighted by atomic mass is 9.73. The summed E-state index contributed by atoms with van der Waals surface area (Å²) in [6.45, 7) is 6.76. The fourth-order valence-electron chi connectivity index (χ4n) is 3.78. The highest BCUT2D eigenvalue weighted by Crippen LogP contribution is 2.45. The molecule has 25 heavy (non-hydrogen) atoms. The Kier molecular flexibility index (Phi) is 4.92. The third kappa shape index (κ3) is 4.03. The second kappa shape index (κ2) is 6.58. The van der Waals surface area contributed by atoms with Crippen LogP contribution < -0.4 is 5.32 Å². The summed E-state index contributed by atoms with van der Waals surface area (Å²) in [5, 5.41) is 3.33. The van der Waals surface area contributed by atoms with Crippen LogP contribution in [0.1, 0.15) is 50.6 Å². The number of amides is 1. The van der Waals surface area contributed by atoms with Gasteiger partial charge in [0.1, 0.15) is 6.10 Å². The molecular weight excluding hydrogens is 346 g/mol. The lowest BCUT2D eigenvalue weighted by Crippen LogP contribution is -2.47. The fraction of sp³-hybridized carbons (Fsp3) is 0.778. The van der Waals surface area contributed by atoms with E-state index >= 15 is 0 Å². The molecule has 0 bridgehead atoms. The Bertz CT molecular complexity index is 646. The molecule has 1 fully saturated rings. The molecule has 2 aliphatic rings. The van der Waals surface area contributed by atoms with Crippen LogP contribution in [0.5, 0.6) is 0 Å². The van der Waals surface area contributed by atoms with Crippen LogP contribution in [0.15, 0.2) is 0 Å². The summed E-state index contributed by atoms with van der Waals surface area (Å²) >= 11 is 1.50. The number of fused-ring (bicyclic) bond motifs is 1. The average Bonchev–Trinajstić information content (AvgIpc) is 2.86.